The first-order valence-corrected chi connectivity index (χ1v) is 5.85. The number of amides is 1. The molecule has 0 radical (unpaired) electrons. The van der Waals surface area contributed by atoms with Gasteiger partial charge in [0, 0.05) is 26.7 Å². The predicted molar refractivity (Wildman–Crippen MR) is 69.8 cm³/mol. The summed E-state index contributed by atoms with van der Waals surface area (Å²) in [6.07, 6.45) is 0. The largest absolute Gasteiger partial charge is 0.344 e. The fourth-order valence-corrected chi connectivity index (χ4v) is 1.72. The summed E-state index contributed by atoms with van der Waals surface area (Å²) >= 11 is 0. The van der Waals surface area contributed by atoms with Crippen LogP contribution in [0.5, 0.6) is 0 Å². The highest BCUT2D eigenvalue weighted by atomic mass is 16.2. The van der Waals surface area contributed by atoms with Gasteiger partial charge in [-0.25, -0.2) is 0 Å². The van der Waals surface area contributed by atoms with E-state index in [-0.39, 0.29) is 11.8 Å². The predicted octanol–water partition coefficient (Wildman–Crippen LogP) is 0.407. The van der Waals surface area contributed by atoms with Crippen LogP contribution in [0, 0.1) is 0 Å². The molecule has 0 saturated heterocycles. The number of likely N-dealkylation sites (N-methyl/N-ethyl adjacent to an activating group) is 2. The zero-order valence-corrected chi connectivity index (χ0v) is 10.5. The summed E-state index contributed by atoms with van der Waals surface area (Å²) < 4.78 is 0. The molecule has 0 aliphatic carbocycles. The molecule has 0 spiro atoms. The van der Waals surface area contributed by atoms with Crippen LogP contribution in [0.3, 0.4) is 0 Å². The lowest BCUT2D eigenvalue weighted by Crippen LogP contribution is -2.38. The lowest BCUT2D eigenvalue weighted by atomic mass is 9.98. The highest BCUT2D eigenvalue weighted by Gasteiger charge is 2.21. The van der Waals surface area contributed by atoms with Gasteiger partial charge in [-0.05, 0) is 12.6 Å². The quantitative estimate of drug-likeness (QED) is 0.750. The van der Waals surface area contributed by atoms with E-state index in [2.05, 4.69) is 5.32 Å². The Kier molecular flexibility index (Phi) is 5.66. The fraction of sp³-hybridized carbons (Fsp3) is 0.462. The molecular weight excluding hydrogens is 214 g/mol. The van der Waals surface area contributed by atoms with Crippen molar-refractivity contribution < 1.29 is 4.79 Å². The molecule has 0 heterocycles. The third-order valence-corrected chi connectivity index (χ3v) is 2.81. The van der Waals surface area contributed by atoms with Gasteiger partial charge in [0.25, 0.3) is 0 Å². The molecule has 94 valence electrons. The summed E-state index contributed by atoms with van der Waals surface area (Å²) in [5.74, 6) is -0.160. The van der Waals surface area contributed by atoms with Gasteiger partial charge < -0.3 is 16.0 Å². The van der Waals surface area contributed by atoms with Crippen molar-refractivity contribution in [2.45, 2.75) is 5.92 Å². The first-order valence-electron chi connectivity index (χ1n) is 5.85. The smallest absolute Gasteiger partial charge is 0.231 e. The molecule has 1 atom stereocenters. The Balaban J connectivity index is 2.71. The molecular formula is C13H21N3O. The zero-order chi connectivity index (χ0) is 12.7. The van der Waals surface area contributed by atoms with Gasteiger partial charge in [0.15, 0.2) is 0 Å². The lowest BCUT2D eigenvalue weighted by molar-refractivity contribution is -0.131. The third kappa shape index (κ3) is 3.84. The molecule has 0 saturated carbocycles. The highest BCUT2D eigenvalue weighted by Crippen LogP contribution is 2.16. The van der Waals surface area contributed by atoms with Crippen LogP contribution in [-0.2, 0) is 4.79 Å². The Morgan fingerprint density at radius 2 is 2.06 bits per heavy atom. The van der Waals surface area contributed by atoms with Crippen molar-refractivity contribution in [3.05, 3.63) is 35.9 Å². The van der Waals surface area contributed by atoms with Crippen LogP contribution in [0.4, 0.5) is 0 Å². The van der Waals surface area contributed by atoms with E-state index in [0.717, 1.165) is 12.1 Å². The minimum absolute atomic E-state index is 0.0777. The number of carbonyl (C=O) groups is 1. The molecule has 1 aromatic rings. The van der Waals surface area contributed by atoms with Crippen molar-refractivity contribution >= 4 is 5.91 Å². The number of hydrogen-bond acceptors (Lipinski definition) is 3. The van der Waals surface area contributed by atoms with Crippen LogP contribution < -0.4 is 11.1 Å². The van der Waals surface area contributed by atoms with Crippen molar-refractivity contribution in [2.75, 3.05) is 33.7 Å². The van der Waals surface area contributed by atoms with E-state index in [4.69, 9.17) is 5.73 Å². The number of carbonyl (C=O) groups excluding carboxylic acids is 1. The second kappa shape index (κ2) is 7.04. The Labute approximate surface area is 103 Å². The summed E-state index contributed by atoms with van der Waals surface area (Å²) in [6.45, 7) is 1.82. The van der Waals surface area contributed by atoms with Crippen LogP contribution in [0.25, 0.3) is 0 Å². The van der Waals surface area contributed by atoms with Crippen molar-refractivity contribution in [2.24, 2.45) is 5.73 Å². The number of nitrogens with two attached hydrogens (primary N) is 1. The van der Waals surface area contributed by atoms with E-state index in [1.165, 1.54) is 0 Å². The Morgan fingerprint density at radius 3 is 2.59 bits per heavy atom. The molecule has 1 amide bonds. The summed E-state index contributed by atoms with van der Waals surface area (Å²) in [4.78, 5) is 13.9. The standard InChI is InChI=1S/C13H21N3O/c1-15-8-9-16(2)13(17)12(10-14)11-6-4-3-5-7-11/h3-7,12,15H,8-10,14H2,1-2H3. The van der Waals surface area contributed by atoms with Crippen LogP contribution in [0.15, 0.2) is 30.3 Å². The molecule has 1 unspecified atom stereocenters. The molecule has 0 aliphatic heterocycles. The number of benzene rings is 1. The van der Waals surface area contributed by atoms with E-state index in [1.807, 2.05) is 44.4 Å². The van der Waals surface area contributed by atoms with Crippen molar-refractivity contribution in [1.29, 1.82) is 0 Å². The number of rotatable bonds is 6. The average molecular weight is 235 g/mol. The van der Waals surface area contributed by atoms with Gasteiger partial charge in [-0.1, -0.05) is 30.3 Å². The number of hydrogen-bond donors (Lipinski definition) is 2. The first-order chi connectivity index (χ1) is 8.20. The highest BCUT2D eigenvalue weighted by molar-refractivity contribution is 5.83. The molecule has 1 aromatic carbocycles. The molecule has 4 nitrogen and oxygen atoms in total. The molecule has 17 heavy (non-hydrogen) atoms. The molecule has 0 fully saturated rings. The topological polar surface area (TPSA) is 58.4 Å². The van der Waals surface area contributed by atoms with Gasteiger partial charge in [-0.2, -0.15) is 0 Å². The van der Waals surface area contributed by atoms with Gasteiger partial charge in [0.1, 0.15) is 0 Å². The maximum Gasteiger partial charge on any atom is 0.231 e. The second-order valence-corrected chi connectivity index (χ2v) is 4.06. The Hall–Kier alpha value is -1.39. The molecule has 4 heteroatoms. The Morgan fingerprint density at radius 1 is 1.41 bits per heavy atom. The van der Waals surface area contributed by atoms with Gasteiger partial charge in [-0.3, -0.25) is 4.79 Å². The SMILES string of the molecule is CNCCN(C)C(=O)C(CN)c1ccccc1. The van der Waals surface area contributed by atoms with E-state index in [1.54, 1.807) is 4.90 Å². The summed E-state index contributed by atoms with van der Waals surface area (Å²) in [5.41, 5.74) is 6.69. The third-order valence-electron chi connectivity index (χ3n) is 2.81. The first kappa shape index (κ1) is 13.7. The fourth-order valence-electron chi connectivity index (χ4n) is 1.72. The lowest BCUT2D eigenvalue weighted by Gasteiger charge is -2.23. The van der Waals surface area contributed by atoms with E-state index in [9.17, 15) is 4.79 Å². The summed E-state index contributed by atoms with van der Waals surface area (Å²) in [5, 5.41) is 3.03. The monoisotopic (exact) mass is 235 g/mol. The van der Waals surface area contributed by atoms with Crippen LogP contribution >= 0.6 is 0 Å². The minimum Gasteiger partial charge on any atom is -0.344 e. The van der Waals surface area contributed by atoms with Gasteiger partial charge >= 0.3 is 0 Å². The van der Waals surface area contributed by atoms with Crippen molar-refractivity contribution in [3.8, 4) is 0 Å². The normalized spacial score (nSPS) is 12.2. The maximum absolute atomic E-state index is 12.2. The second-order valence-electron chi connectivity index (χ2n) is 4.06. The number of nitrogens with zero attached hydrogens (tertiary/aromatic N) is 1. The van der Waals surface area contributed by atoms with Gasteiger partial charge in [0.2, 0.25) is 5.91 Å². The van der Waals surface area contributed by atoms with Crippen LogP contribution in [-0.4, -0.2) is 44.5 Å². The average Bonchev–Trinajstić information content (AvgIpc) is 2.38. The Bertz CT molecular complexity index is 340. The van der Waals surface area contributed by atoms with E-state index < -0.39 is 0 Å². The molecule has 0 bridgehead atoms. The van der Waals surface area contributed by atoms with Crippen molar-refractivity contribution in [1.82, 2.24) is 10.2 Å². The molecule has 0 aliphatic rings. The zero-order valence-electron chi connectivity index (χ0n) is 10.5. The maximum atomic E-state index is 12.2. The molecule has 0 aromatic heterocycles. The van der Waals surface area contributed by atoms with Crippen LogP contribution in [0.2, 0.25) is 0 Å². The minimum atomic E-state index is -0.238. The molecule has 3 N–H and O–H groups in total. The summed E-state index contributed by atoms with van der Waals surface area (Å²) in [6, 6.07) is 9.69. The number of nitrogens with one attached hydrogen (secondary N) is 1. The van der Waals surface area contributed by atoms with E-state index in [0.29, 0.717) is 13.1 Å². The van der Waals surface area contributed by atoms with E-state index >= 15 is 0 Å². The van der Waals surface area contributed by atoms with Crippen LogP contribution in [0.1, 0.15) is 11.5 Å². The van der Waals surface area contributed by atoms with Gasteiger partial charge in [-0.15, -0.1) is 0 Å². The van der Waals surface area contributed by atoms with Crippen molar-refractivity contribution in [3.63, 3.8) is 0 Å². The molecule has 1 rings (SSSR count). The van der Waals surface area contributed by atoms with Gasteiger partial charge in [0.05, 0.1) is 5.92 Å². The summed E-state index contributed by atoms with van der Waals surface area (Å²) in [7, 11) is 3.68.